The Morgan fingerprint density at radius 2 is 2.43 bits per heavy atom. The van der Waals surface area contributed by atoms with Crippen molar-refractivity contribution >= 4 is 0 Å². The van der Waals surface area contributed by atoms with Crippen LogP contribution < -0.4 is 0 Å². The third-order valence-electron chi connectivity index (χ3n) is 2.30. The van der Waals surface area contributed by atoms with E-state index in [-0.39, 0.29) is 6.10 Å². The van der Waals surface area contributed by atoms with Gasteiger partial charge in [-0.2, -0.15) is 0 Å². The predicted octanol–water partition coefficient (Wildman–Crippen LogP) is 0.598. The van der Waals surface area contributed by atoms with E-state index in [9.17, 15) is 5.11 Å². The largest absolute Gasteiger partial charge is 0.472 e. The first-order valence-corrected chi connectivity index (χ1v) is 4.75. The molecule has 0 radical (unpaired) electrons. The fourth-order valence-electron chi connectivity index (χ4n) is 1.51. The number of aliphatic hydroxyl groups excluding tert-OH is 1. The summed E-state index contributed by atoms with van der Waals surface area (Å²) in [6.07, 6.45) is 3.05. The maximum absolute atomic E-state index is 9.80. The molecule has 0 saturated carbocycles. The van der Waals surface area contributed by atoms with Crippen LogP contribution in [0.5, 0.6) is 0 Å². The van der Waals surface area contributed by atoms with E-state index in [4.69, 9.17) is 13.9 Å². The smallest absolute Gasteiger partial charge is 0.107 e. The van der Waals surface area contributed by atoms with Crippen molar-refractivity contribution in [2.45, 2.75) is 18.6 Å². The highest BCUT2D eigenvalue weighted by molar-refractivity contribution is 5.07. The molecule has 1 aliphatic rings. The van der Waals surface area contributed by atoms with Gasteiger partial charge < -0.3 is 19.0 Å². The highest BCUT2D eigenvalue weighted by atomic mass is 16.6. The normalized spacial score (nSPS) is 24.8. The van der Waals surface area contributed by atoms with Gasteiger partial charge in [0.2, 0.25) is 0 Å². The minimum atomic E-state index is -0.520. The fraction of sp³-hybridized carbons (Fsp3) is 0.600. The lowest BCUT2D eigenvalue weighted by Gasteiger charge is -2.26. The molecule has 0 aromatic carbocycles. The third kappa shape index (κ3) is 2.35. The van der Waals surface area contributed by atoms with Gasteiger partial charge in [-0.3, -0.25) is 0 Å². The lowest BCUT2D eigenvalue weighted by atomic mass is 10.1. The molecule has 4 nitrogen and oxygen atoms in total. The summed E-state index contributed by atoms with van der Waals surface area (Å²) in [5, 5.41) is 9.80. The monoisotopic (exact) mass is 198 g/mol. The van der Waals surface area contributed by atoms with Gasteiger partial charge in [0.1, 0.15) is 6.10 Å². The van der Waals surface area contributed by atoms with Gasteiger partial charge in [0.05, 0.1) is 38.5 Å². The van der Waals surface area contributed by atoms with E-state index in [1.807, 2.05) is 6.07 Å². The molecular formula is C10H14O4. The second kappa shape index (κ2) is 4.59. The van der Waals surface area contributed by atoms with Crippen molar-refractivity contribution in [1.82, 2.24) is 0 Å². The molecule has 1 fully saturated rings. The Morgan fingerprint density at radius 1 is 1.50 bits per heavy atom. The van der Waals surface area contributed by atoms with Crippen molar-refractivity contribution in [3.63, 3.8) is 0 Å². The second-order valence-electron chi connectivity index (χ2n) is 3.39. The first-order valence-electron chi connectivity index (χ1n) is 4.75. The first kappa shape index (κ1) is 9.71. The molecule has 2 unspecified atom stereocenters. The van der Waals surface area contributed by atoms with Crippen LogP contribution in [-0.2, 0) is 15.9 Å². The fourth-order valence-corrected chi connectivity index (χ4v) is 1.51. The van der Waals surface area contributed by atoms with Crippen molar-refractivity contribution in [3.8, 4) is 0 Å². The number of ether oxygens (including phenoxy) is 2. The third-order valence-corrected chi connectivity index (χ3v) is 2.30. The van der Waals surface area contributed by atoms with Crippen molar-refractivity contribution in [2.24, 2.45) is 0 Å². The summed E-state index contributed by atoms with van der Waals surface area (Å²) in [7, 11) is 0. The summed E-state index contributed by atoms with van der Waals surface area (Å²) in [5.41, 5.74) is 0.978. The standard InChI is InChI=1S/C10H14O4/c11-9(5-8-1-2-12-6-8)10-7-13-3-4-14-10/h1-2,6,9-11H,3-5,7H2. The molecule has 0 bridgehead atoms. The van der Waals surface area contributed by atoms with Gasteiger partial charge in [-0.1, -0.05) is 0 Å². The Hall–Kier alpha value is -0.840. The zero-order valence-electron chi connectivity index (χ0n) is 7.89. The topological polar surface area (TPSA) is 51.8 Å². The first-order chi connectivity index (χ1) is 6.86. The lowest BCUT2D eigenvalue weighted by molar-refractivity contribution is -0.131. The molecule has 0 spiro atoms. The molecule has 4 heteroatoms. The molecule has 1 aromatic heterocycles. The molecule has 1 saturated heterocycles. The Balaban J connectivity index is 1.85. The van der Waals surface area contributed by atoms with Crippen LogP contribution in [0.3, 0.4) is 0 Å². The van der Waals surface area contributed by atoms with Gasteiger partial charge in [0.15, 0.2) is 0 Å². The van der Waals surface area contributed by atoms with E-state index in [0.29, 0.717) is 26.2 Å². The van der Waals surface area contributed by atoms with Crippen LogP contribution in [-0.4, -0.2) is 37.1 Å². The molecule has 14 heavy (non-hydrogen) atoms. The Morgan fingerprint density at radius 3 is 3.07 bits per heavy atom. The number of aliphatic hydroxyl groups is 1. The van der Waals surface area contributed by atoms with Gasteiger partial charge in [-0.05, 0) is 11.6 Å². The van der Waals surface area contributed by atoms with Gasteiger partial charge in [-0.25, -0.2) is 0 Å². The molecule has 78 valence electrons. The summed E-state index contributed by atoms with van der Waals surface area (Å²) in [6.45, 7) is 1.65. The number of furan rings is 1. The Labute approximate surface area is 82.4 Å². The van der Waals surface area contributed by atoms with Crippen LogP contribution in [0.4, 0.5) is 0 Å². The van der Waals surface area contributed by atoms with E-state index in [2.05, 4.69) is 0 Å². The zero-order chi connectivity index (χ0) is 9.80. The van der Waals surface area contributed by atoms with Crippen LogP contribution in [0.2, 0.25) is 0 Å². The highest BCUT2D eigenvalue weighted by Gasteiger charge is 2.23. The number of rotatable bonds is 3. The molecule has 1 aliphatic heterocycles. The zero-order valence-corrected chi connectivity index (χ0v) is 7.89. The van der Waals surface area contributed by atoms with E-state index in [1.54, 1.807) is 12.5 Å². The van der Waals surface area contributed by atoms with E-state index < -0.39 is 6.10 Å². The summed E-state index contributed by atoms with van der Waals surface area (Å²) in [5.74, 6) is 0. The average Bonchev–Trinajstić information content (AvgIpc) is 2.72. The van der Waals surface area contributed by atoms with Crippen molar-refractivity contribution < 1.29 is 19.0 Å². The molecule has 1 N–H and O–H groups in total. The molecule has 2 atom stereocenters. The molecule has 0 amide bonds. The quantitative estimate of drug-likeness (QED) is 0.772. The molecule has 1 aromatic rings. The Bertz CT molecular complexity index is 251. The van der Waals surface area contributed by atoms with Crippen LogP contribution in [0.25, 0.3) is 0 Å². The predicted molar refractivity (Wildman–Crippen MR) is 49.0 cm³/mol. The van der Waals surface area contributed by atoms with Crippen molar-refractivity contribution in [1.29, 1.82) is 0 Å². The van der Waals surface area contributed by atoms with Crippen LogP contribution >= 0.6 is 0 Å². The second-order valence-corrected chi connectivity index (χ2v) is 3.39. The number of hydrogen-bond donors (Lipinski definition) is 1. The summed E-state index contributed by atoms with van der Waals surface area (Å²) in [4.78, 5) is 0. The van der Waals surface area contributed by atoms with Crippen LogP contribution in [0, 0.1) is 0 Å². The van der Waals surface area contributed by atoms with Crippen LogP contribution in [0.1, 0.15) is 5.56 Å². The molecular weight excluding hydrogens is 184 g/mol. The minimum Gasteiger partial charge on any atom is -0.472 e. The maximum Gasteiger partial charge on any atom is 0.107 e. The lowest BCUT2D eigenvalue weighted by Crippen LogP contribution is -2.39. The van der Waals surface area contributed by atoms with Gasteiger partial charge in [0.25, 0.3) is 0 Å². The highest BCUT2D eigenvalue weighted by Crippen LogP contribution is 2.11. The van der Waals surface area contributed by atoms with Crippen molar-refractivity contribution in [2.75, 3.05) is 19.8 Å². The summed E-state index contributed by atoms with van der Waals surface area (Å²) < 4.78 is 15.5. The maximum atomic E-state index is 9.80. The summed E-state index contributed by atoms with van der Waals surface area (Å²) in [6, 6.07) is 1.84. The van der Waals surface area contributed by atoms with Gasteiger partial charge in [0, 0.05) is 6.42 Å². The summed E-state index contributed by atoms with van der Waals surface area (Å²) >= 11 is 0. The minimum absolute atomic E-state index is 0.210. The molecule has 0 aliphatic carbocycles. The SMILES string of the molecule is OC(Cc1ccoc1)C1COCCO1. The number of hydrogen-bond acceptors (Lipinski definition) is 4. The average molecular weight is 198 g/mol. The van der Waals surface area contributed by atoms with E-state index >= 15 is 0 Å². The Kier molecular flexibility index (Phi) is 3.18. The van der Waals surface area contributed by atoms with Crippen LogP contribution in [0.15, 0.2) is 23.0 Å². The van der Waals surface area contributed by atoms with Crippen molar-refractivity contribution in [3.05, 3.63) is 24.2 Å². The van der Waals surface area contributed by atoms with Gasteiger partial charge >= 0.3 is 0 Å². The van der Waals surface area contributed by atoms with E-state index in [1.165, 1.54) is 0 Å². The van der Waals surface area contributed by atoms with Gasteiger partial charge in [-0.15, -0.1) is 0 Å². The van der Waals surface area contributed by atoms with E-state index in [0.717, 1.165) is 5.56 Å². The molecule has 2 rings (SSSR count). The molecule has 2 heterocycles.